The Labute approximate surface area is 384 Å². The fraction of sp³-hybridized carbons (Fsp3) is 0.714. The summed E-state index contributed by atoms with van der Waals surface area (Å²) in [4.78, 5) is 0.250. The van der Waals surface area contributed by atoms with Crippen molar-refractivity contribution < 1.29 is 27.4 Å². The van der Waals surface area contributed by atoms with Crippen molar-refractivity contribution in [3.8, 4) is 11.5 Å². The minimum absolute atomic E-state index is 0.125. The quantitative estimate of drug-likeness (QED) is 0.0514. The Balaban J connectivity index is 1.85. The molecule has 0 saturated heterocycles. The molecule has 0 aliphatic heterocycles. The molecule has 2 unspecified atom stereocenters. The first kappa shape index (κ1) is 51.9. The van der Waals surface area contributed by atoms with Crippen LogP contribution in [0.4, 0.5) is 0 Å². The van der Waals surface area contributed by atoms with Crippen LogP contribution in [0.15, 0.2) is 51.9 Å². The van der Waals surface area contributed by atoms with Crippen LogP contribution in [0.5, 0.6) is 11.5 Å². The second-order valence-electron chi connectivity index (χ2n) is 14.2. The molecule has 13 heteroatoms. The van der Waals surface area contributed by atoms with E-state index in [1.165, 1.54) is 116 Å². The van der Waals surface area contributed by atoms with Gasteiger partial charge in [-0.2, -0.15) is 0 Å². The molecule has 2 aromatic rings. The number of benzene rings is 2. The third-order valence-corrected chi connectivity index (χ3v) is 15.0. The number of unbranched alkanes of at least 4 members (excludes halogenated alkanes) is 18. The molecule has 0 heterocycles. The number of ether oxygens (including phenoxy) is 4. The van der Waals surface area contributed by atoms with Gasteiger partial charge < -0.3 is 18.9 Å². The predicted octanol–water partition coefficient (Wildman–Crippen LogP) is 15.7. The lowest BCUT2D eigenvalue weighted by atomic mass is 10.1. The molecule has 0 bridgehead atoms. The van der Waals surface area contributed by atoms with Gasteiger partial charge in [0.2, 0.25) is 9.84 Å². The molecule has 0 radical (unpaired) electrons. The second kappa shape index (κ2) is 31.6. The zero-order valence-electron chi connectivity index (χ0n) is 33.0. The molecule has 2 atom stereocenters. The first-order chi connectivity index (χ1) is 26.6. The summed E-state index contributed by atoms with van der Waals surface area (Å²) in [6.07, 6.45) is 25.4. The lowest BCUT2D eigenvalue weighted by molar-refractivity contribution is 0.0335. The van der Waals surface area contributed by atoms with Gasteiger partial charge in [0, 0.05) is 23.9 Å². The Bertz CT molecular complexity index is 1280. The highest BCUT2D eigenvalue weighted by Gasteiger charge is 2.25. The standard InChI is InChI=1S/C42H64Br6O6S/c1-3-5-7-9-11-13-15-17-19-21-23-51-33(29-43)31-53-41-37(45)25-35(26-38(41)46)55(49,50)36-27-39(47)42(40(48)28-36)54-32-34(30-44)52-24-22-20-18-16-14-12-10-8-6-4-2/h25-28,33-34H,3-24,29-32H2,1-2H3. The summed E-state index contributed by atoms with van der Waals surface area (Å²) in [7, 11) is -3.89. The first-order valence-corrected chi connectivity index (χ1v) is 27.3. The molecule has 0 amide bonds. The van der Waals surface area contributed by atoms with Gasteiger partial charge in [0.05, 0.1) is 27.7 Å². The van der Waals surface area contributed by atoms with E-state index in [1.54, 1.807) is 24.3 Å². The van der Waals surface area contributed by atoms with Crippen LogP contribution in [0.2, 0.25) is 0 Å². The number of halogens is 6. The van der Waals surface area contributed by atoms with Crippen LogP contribution >= 0.6 is 95.6 Å². The molecule has 0 aromatic heterocycles. The monoisotopic (exact) mass is 1170 g/mol. The Kier molecular flexibility index (Phi) is 29.9. The fourth-order valence-electron chi connectivity index (χ4n) is 6.10. The number of rotatable bonds is 34. The lowest BCUT2D eigenvalue weighted by Crippen LogP contribution is -2.24. The van der Waals surface area contributed by atoms with Crippen LogP contribution < -0.4 is 9.47 Å². The van der Waals surface area contributed by atoms with E-state index in [2.05, 4.69) is 109 Å². The maximum absolute atomic E-state index is 13.8. The number of hydrogen-bond donors (Lipinski definition) is 0. The van der Waals surface area contributed by atoms with Crippen molar-refractivity contribution in [1.82, 2.24) is 0 Å². The van der Waals surface area contributed by atoms with Crippen molar-refractivity contribution in [2.75, 3.05) is 37.1 Å². The van der Waals surface area contributed by atoms with Gasteiger partial charge in [-0.25, -0.2) is 8.42 Å². The topological polar surface area (TPSA) is 71.1 Å². The van der Waals surface area contributed by atoms with E-state index in [0.717, 1.165) is 12.8 Å². The van der Waals surface area contributed by atoms with Crippen LogP contribution in [-0.2, 0) is 19.3 Å². The molecular weight excluding hydrogens is 1110 g/mol. The highest BCUT2D eigenvalue weighted by Crippen LogP contribution is 2.41. The summed E-state index contributed by atoms with van der Waals surface area (Å²) in [5.74, 6) is 1.05. The molecular formula is C42H64Br6O6S. The maximum Gasteiger partial charge on any atom is 0.206 e. The molecule has 0 spiro atoms. The third kappa shape index (κ3) is 21.2. The van der Waals surface area contributed by atoms with Gasteiger partial charge in [0.15, 0.2) is 0 Å². The summed E-state index contributed by atoms with van der Waals surface area (Å²) in [6, 6.07) is 6.29. The average Bonchev–Trinajstić information content (AvgIpc) is 3.16. The van der Waals surface area contributed by atoms with Gasteiger partial charge in [0.25, 0.3) is 0 Å². The summed E-state index contributed by atoms with van der Waals surface area (Å²) >= 11 is 21.3. The van der Waals surface area contributed by atoms with E-state index in [0.29, 0.717) is 66.5 Å². The van der Waals surface area contributed by atoms with E-state index in [-0.39, 0.29) is 22.0 Å². The molecule has 0 fully saturated rings. The van der Waals surface area contributed by atoms with Gasteiger partial charge in [-0.15, -0.1) is 0 Å². The van der Waals surface area contributed by atoms with Crippen LogP contribution in [-0.4, -0.2) is 57.7 Å². The smallest absolute Gasteiger partial charge is 0.206 e. The average molecular weight is 1180 g/mol. The van der Waals surface area contributed by atoms with E-state index >= 15 is 0 Å². The van der Waals surface area contributed by atoms with Crippen LogP contribution in [0, 0.1) is 0 Å². The SMILES string of the molecule is CCCCCCCCCCCCOC(CBr)COc1c(Br)cc(S(=O)(=O)c2cc(Br)c(OCC(CBr)OCCCCCCCCCCCC)c(Br)c2)cc1Br. The van der Waals surface area contributed by atoms with Gasteiger partial charge in [0.1, 0.15) is 36.9 Å². The third-order valence-electron chi connectivity index (χ3n) is 9.44. The Morgan fingerprint density at radius 3 is 1.02 bits per heavy atom. The van der Waals surface area contributed by atoms with Gasteiger partial charge in [-0.1, -0.05) is 161 Å². The molecule has 0 aliphatic carbocycles. The minimum atomic E-state index is -3.89. The summed E-state index contributed by atoms with van der Waals surface area (Å²) < 4.78 is 54.2. The minimum Gasteiger partial charge on any atom is -0.488 e. The molecule has 0 aliphatic rings. The highest BCUT2D eigenvalue weighted by atomic mass is 79.9. The van der Waals surface area contributed by atoms with E-state index in [4.69, 9.17) is 18.9 Å². The second-order valence-corrected chi connectivity index (χ2v) is 20.9. The van der Waals surface area contributed by atoms with Crippen LogP contribution in [0.1, 0.15) is 142 Å². The van der Waals surface area contributed by atoms with Gasteiger partial charge >= 0.3 is 0 Å². The molecule has 6 nitrogen and oxygen atoms in total. The zero-order valence-corrected chi connectivity index (χ0v) is 43.3. The number of sulfone groups is 1. The van der Waals surface area contributed by atoms with Crippen LogP contribution in [0.3, 0.4) is 0 Å². The number of alkyl halides is 2. The summed E-state index contributed by atoms with van der Waals surface area (Å²) in [5, 5.41) is 1.28. The normalized spacial score (nSPS) is 12.9. The fourth-order valence-corrected chi connectivity index (χ4v) is 11.7. The molecule has 2 aromatic carbocycles. The van der Waals surface area contributed by atoms with E-state index in [1.807, 2.05) is 0 Å². The van der Waals surface area contributed by atoms with Crippen molar-refractivity contribution in [3.63, 3.8) is 0 Å². The molecule has 2 rings (SSSR count). The van der Waals surface area contributed by atoms with Crippen LogP contribution in [0.25, 0.3) is 0 Å². The van der Waals surface area contributed by atoms with Crippen molar-refractivity contribution in [2.24, 2.45) is 0 Å². The Hall–Kier alpha value is 0.790. The predicted molar refractivity (Wildman–Crippen MR) is 251 cm³/mol. The summed E-state index contributed by atoms with van der Waals surface area (Å²) in [5.41, 5.74) is 0. The lowest BCUT2D eigenvalue weighted by Gasteiger charge is -2.19. The van der Waals surface area contributed by atoms with Crippen molar-refractivity contribution in [2.45, 2.75) is 164 Å². The summed E-state index contributed by atoms with van der Waals surface area (Å²) in [6.45, 7) is 6.55. The van der Waals surface area contributed by atoms with Crippen molar-refractivity contribution in [3.05, 3.63) is 42.2 Å². The molecule has 55 heavy (non-hydrogen) atoms. The first-order valence-electron chi connectivity index (χ1n) is 20.4. The number of hydrogen-bond acceptors (Lipinski definition) is 6. The van der Waals surface area contributed by atoms with E-state index in [9.17, 15) is 8.42 Å². The van der Waals surface area contributed by atoms with Gasteiger partial charge in [-0.3, -0.25) is 0 Å². The molecule has 316 valence electrons. The maximum atomic E-state index is 13.8. The Morgan fingerprint density at radius 2 is 0.745 bits per heavy atom. The van der Waals surface area contributed by atoms with Gasteiger partial charge in [-0.05, 0) is 101 Å². The highest BCUT2D eigenvalue weighted by molar-refractivity contribution is 9.11. The molecule has 0 saturated carbocycles. The van der Waals surface area contributed by atoms with Crippen molar-refractivity contribution >= 4 is 105 Å². The Morgan fingerprint density at radius 1 is 0.473 bits per heavy atom. The zero-order chi connectivity index (χ0) is 40.3. The van der Waals surface area contributed by atoms with Crippen molar-refractivity contribution in [1.29, 1.82) is 0 Å². The van der Waals surface area contributed by atoms with E-state index < -0.39 is 9.84 Å². The molecule has 0 N–H and O–H groups in total. The largest absolute Gasteiger partial charge is 0.488 e.